The Morgan fingerprint density at radius 1 is 1.27 bits per heavy atom. The van der Waals surface area contributed by atoms with E-state index >= 15 is 0 Å². The summed E-state index contributed by atoms with van der Waals surface area (Å²) in [6.45, 7) is 2.73. The van der Waals surface area contributed by atoms with Gasteiger partial charge in [0.2, 0.25) is 0 Å². The molecule has 0 saturated carbocycles. The fraction of sp³-hybridized carbons (Fsp3) is 0.611. The van der Waals surface area contributed by atoms with Crippen LogP contribution in [-0.4, -0.2) is 66.9 Å². The molecular formula is C18H24Br2N2O2SSe. The summed E-state index contributed by atoms with van der Waals surface area (Å²) in [5.41, 5.74) is 1.15. The van der Waals surface area contributed by atoms with Crippen molar-refractivity contribution in [3.05, 3.63) is 24.3 Å². The van der Waals surface area contributed by atoms with Crippen LogP contribution in [0.1, 0.15) is 12.8 Å². The van der Waals surface area contributed by atoms with Crippen molar-refractivity contribution in [1.29, 1.82) is 0 Å². The summed E-state index contributed by atoms with van der Waals surface area (Å²) in [4.78, 5) is 17.0. The van der Waals surface area contributed by atoms with Crippen molar-refractivity contribution in [3.63, 3.8) is 0 Å². The number of amides is 1. The van der Waals surface area contributed by atoms with Crippen LogP contribution >= 0.6 is 42.0 Å². The van der Waals surface area contributed by atoms with Crippen molar-refractivity contribution in [2.45, 2.75) is 24.2 Å². The zero-order valence-electron chi connectivity index (χ0n) is 14.6. The molecule has 2 fully saturated rings. The van der Waals surface area contributed by atoms with Crippen LogP contribution in [0.15, 0.2) is 24.3 Å². The molecule has 0 aromatic heterocycles. The van der Waals surface area contributed by atoms with Gasteiger partial charge in [0.25, 0.3) is 0 Å². The molecule has 4 nitrogen and oxygen atoms in total. The summed E-state index contributed by atoms with van der Waals surface area (Å²) in [5.74, 6) is 2.50. The van der Waals surface area contributed by atoms with E-state index in [4.69, 9.17) is 4.74 Å². The number of ether oxygens (including phenoxy) is 1. The van der Waals surface area contributed by atoms with Gasteiger partial charge in [0, 0.05) is 0 Å². The number of carbonyl (C=O) groups excluding carboxylic acids is 1. The Morgan fingerprint density at radius 2 is 2.00 bits per heavy atom. The molecule has 1 aromatic carbocycles. The minimum atomic E-state index is -0.173. The Hall–Kier alpha value is 0.119. The first-order valence-corrected chi connectivity index (χ1v) is 15.4. The molecule has 0 bridgehead atoms. The third-order valence-corrected chi connectivity index (χ3v) is 9.93. The number of carbonyl (C=O) groups is 1. The van der Waals surface area contributed by atoms with E-state index in [2.05, 4.69) is 46.9 Å². The van der Waals surface area contributed by atoms with Gasteiger partial charge in [-0.15, -0.1) is 0 Å². The molecular weight excluding hydrogens is 547 g/mol. The molecule has 1 aromatic rings. The molecule has 2 aliphatic rings. The summed E-state index contributed by atoms with van der Waals surface area (Å²) >= 11 is 7.61. The van der Waals surface area contributed by atoms with Crippen LogP contribution in [0.25, 0.3) is 0 Å². The van der Waals surface area contributed by atoms with Crippen LogP contribution in [0.3, 0.4) is 0 Å². The zero-order valence-corrected chi connectivity index (χ0v) is 20.3. The number of fused-ring (bicyclic) bond motifs is 1. The number of rotatable bonds is 6. The molecule has 0 radical (unpaired) electrons. The second-order valence-corrected chi connectivity index (χ2v) is 12.5. The molecule has 0 spiro atoms. The molecule has 2 saturated heterocycles. The Kier molecular flexibility index (Phi) is 8.50. The summed E-state index contributed by atoms with van der Waals surface area (Å²) in [5, 5.41) is 3.01. The Bertz CT molecular complexity index is 585. The van der Waals surface area contributed by atoms with Gasteiger partial charge >= 0.3 is 151 Å². The van der Waals surface area contributed by atoms with Gasteiger partial charge in [-0.1, -0.05) is 31.9 Å². The average Bonchev–Trinajstić information content (AvgIpc) is 2.68. The van der Waals surface area contributed by atoms with Gasteiger partial charge in [0.05, 0.1) is 0 Å². The Morgan fingerprint density at radius 3 is 2.69 bits per heavy atom. The Balaban J connectivity index is 1.62. The molecule has 3 rings (SSSR count). The van der Waals surface area contributed by atoms with Crippen LogP contribution in [0, 0.1) is 5.92 Å². The molecule has 2 atom stereocenters. The number of halogens is 2. The first-order chi connectivity index (χ1) is 12.7. The van der Waals surface area contributed by atoms with Crippen molar-refractivity contribution >= 4 is 67.7 Å². The predicted molar refractivity (Wildman–Crippen MR) is 119 cm³/mol. The summed E-state index contributed by atoms with van der Waals surface area (Å²) in [6, 6.07) is 8.28. The number of piperidine rings is 1. The standard InChI is InChI=1S/C18H24Br2N2O2SSe/c19-7-10-21(11-8-20)15-3-5-16(6-4-15)24-18(23)22-9-1-2-14-12-25-26-13-17(14)22/h3-6,14,17H,1-2,7-13H2/t14-,17-/m1/s1. The summed E-state index contributed by atoms with van der Waals surface area (Å²) < 4.78 is 5.71. The van der Waals surface area contributed by atoms with Gasteiger partial charge in [-0.2, -0.15) is 0 Å². The van der Waals surface area contributed by atoms with Crippen molar-refractivity contribution in [3.8, 4) is 5.75 Å². The number of nitrogens with zero attached hydrogens (tertiary/aromatic N) is 2. The SMILES string of the molecule is O=C(Oc1ccc(N(CCBr)CCBr)cc1)N1CCC[C@@H]2CS[Se]C[C@H]21. The average molecular weight is 571 g/mol. The zero-order chi connectivity index (χ0) is 18.4. The van der Waals surface area contributed by atoms with Crippen molar-refractivity contribution in [2.75, 3.05) is 40.9 Å². The van der Waals surface area contributed by atoms with E-state index in [0.29, 0.717) is 31.5 Å². The normalized spacial score (nSPS) is 22.6. The fourth-order valence-corrected chi connectivity index (χ4v) is 9.38. The van der Waals surface area contributed by atoms with Crippen molar-refractivity contribution < 1.29 is 9.53 Å². The molecule has 0 N–H and O–H groups in total. The number of hydrogen-bond acceptors (Lipinski definition) is 4. The third kappa shape index (κ3) is 5.34. The maximum atomic E-state index is 12.7. The van der Waals surface area contributed by atoms with Gasteiger partial charge in [0.15, 0.2) is 0 Å². The van der Waals surface area contributed by atoms with Crippen LogP contribution in [0.2, 0.25) is 5.32 Å². The second-order valence-electron chi connectivity index (χ2n) is 6.46. The van der Waals surface area contributed by atoms with Gasteiger partial charge in [-0.25, -0.2) is 0 Å². The molecule has 144 valence electrons. The maximum absolute atomic E-state index is 12.7. The summed E-state index contributed by atoms with van der Waals surface area (Å²) in [7, 11) is 2.08. The van der Waals surface area contributed by atoms with E-state index in [1.807, 2.05) is 29.2 Å². The summed E-state index contributed by atoms with van der Waals surface area (Å²) in [6.07, 6.45) is 2.17. The third-order valence-electron chi connectivity index (χ3n) is 4.87. The second kappa shape index (κ2) is 10.6. The number of alkyl halides is 2. The van der Waals surface area contributed by atoms with Gasteiger partial charge in [0.1, 0.15) is 0 Å². The van der Waals surface area contributed by atoms with E-state index in [9.17, 15) is 4.79 Å². The molecule has 1 amide bonds. The topological polar surface area (TPSA) is 32.8 Å². The van der Waals surface area contributed by atoms with Crippen LogP contribution in [0.4, 0.5) is 10.5 Å². The van der Waals surface area contributed by atoms with E-state index in [1.165, 1.54) is 12.2 Å². The number of benzene rings is 1. The molecule has 26 heavy (non-hydrogen) atoms. The van der Waals surface area contributed by atoms with E-state index in [-0.39, 0.29) is 6.09 Å². The van der Waals surface area contributed by atoms with Gasteiger partial charge < -0.3 is 0 Å². The van der Waals surface area contributed by atoms with E-state index in [1.54, 1.807) is 0 Å². The van der Waals surface area contributed by atoms with Crippen molar-refractivity contribution in [2.24, 2.45) is 5.92 Å². The minimum absolute atomic E-state index is 0.173. The molecule has 0 unspecified atom stereocenters. The van der Waals surface area contributed by atoms with E-state index in [0.717, 1.165) is 47.7 Å². The molecule has 0 aliphatic carbocycles. The quantitative estimate of drug-likeness (QED) is 0.368. The van der Waals surface area contributed by atoms with E-state index < -0.39 is 0 Å². The molecule has 2 heterocycles. The molecule has 2 aliphatic heterocycles. The fourth-order valence-electron chi connectivity index (χ4n) is 3.50. The first kappa shape index (κ1) is 20.8. The molecule has 8 heteroatoms. The number of likely N-dealkylation sites (tertiary alicyclic amines) is 1. The van der Waals surface area contributed by atoms with Crippen LogP contribution < -0.4 is 9.64 Å². The van der Waals surface area contributed by atoms with Crippen LogP contribution in [0.5, 0.6) is 5.75 Å². The van der Waals surface area contributed by atoms with Gasteiger partial charge in [-0.05, 0) is 0 Å². The Labute approximate surface area is 182 Å². The predicted octanol–water partition coefficient (Wildman–Crippen LogP) is 4.65. The number of anilines is 1. The van der Waals surface area contributed by atoms with Crippen LogP contribution in [-0.2, 0) is 0 Å². The number of hydrogen-bond donors (Lipinski definition) is 0. The first-order valence-electron chi connectivity index (χ1n) is 8.92. The van der Waals surface area contributed by atoms with Crippen molar-refractivity contribution in [1.82, 2.24) is 4.90 Å². The van der Waals surface area contributed by atoms with Gasteiger partial charge in [-0.3, -0.25) is 0 Å². The monoisotopic (exact) mass is 570 g/mol.